The minimum Gasteiger partial charge on any atom is -0.468 e. The SMILES string of the molecule is C/C=C/[C@@H](OC)[C@@H](C)C(=O)NC(C(=O)N[C@@H](C)C(=O)N1CCCC(C)(C(=O)OC)N1)C(C)C. The topological polar surface area (TPSA) is 126 Å². The van der Waals surface area contributed by atoms with Crippen LogP contribution in [-0.2, 0) is 28.7 Å². The molecule has 0 saturated carbocycles. The third kappa shape index (κ3) is 7.53. The van der Waals surface area contributed by atoms with Crippen molar-refractivity contribution >= 4 is 23.7 Å². The van der Waals surface area contributed by atoms with Crippen LogP contribution in [0.15, 0.2) is 12.2 Å². The Labute approximate surface area is 196 Å². The maximum atomic E-state index is 13.0. The molecule has 1 saturated heterocycles. The van der Waals surface area contributed by atoms with Gasteiger partial charge in [-0.05, 0) is 39.5 Å². The predicted molar refractivity (Wildman–Crippen MR) is 124 cm³/mol. The van der Waals surface area contributed by atoms with Crippen molar-refractivity contribution in [1.29, 1.82) is 0 Å². The highest BCUT2D eigenvalue weighted by molar-refractivity contribution is 5.92. The summed E-state index contributed by atoms with van der Waals surface area (Å²) in [5, 5.41) is 6.82. The average molecular weight is 469 g/mol. The van der Waals surface area contributed by atoms with Gasteiger partial charge in [0.2, 0.25) is 11.8 Å². The van der Waals surface area contributed by atoms with Crippen LogP contribution >= 0.6 is 0 Å². The molecular weight excluding hydrogens is 428 g/mol. The number of nitrogens with one attached hydrogen (secondary N) is 3. The fraction of sp³-hybridized carbons (Fsp3) is 0.739. The standard InChI is InChI=1S/C23H40N4O6/c1-9-11-17(32-7)15(4)19(28)25-18(14(2)3)20(29)24-16(5)21(30)27-13-10-12-23(6,26-27)22(31)33-8/h9,11,14-18,26H,10,12-13H2,1-8H3,(H,24,29)(H,25,28)/b11-9+/t15-,16+,17-,18?,23?/m1/s1. The molecule has 0 aromatic rings. The van der Waals surface area contributed by atoms with Gasteiger partial charge in [0.05, 0.1) is 19.1 Å². The number of hydrogen-bond donors (Lipinski definition) is 3. The first-order valence-electron chi connectivity index (χ1n) is 11.4. The first-order valence-corrected chi connectivity index (χ1v) is 11.4. The van der Waals surface area contributed by atoms with Crippen molar-refractivity contribution in [3.05, 3.63) is 12.2 Å². The third-order valence-electron chi connectivity index (χ3n) is 5.88. The van der Waals surface area contributed by atoms with E-state index in [2.05, 4.69) is 16.1 Å². The number of methoxy groups -OCH3 is 2. The number of ether oxygens (including phenoxy) is 2. The van der Waals surface area contributed by atoms with Crippen LogP contribution in [0, 0.1) is 11.8 Å². The normalized spacial score (nSPS) is 22.4. The van der Waals surface area contributed by atoms with Crippen LogP contribution in [0.2, 0.25) is 0 Å². The number of nitrogens with zero attached hydrogens (tertiary/aromatic N) is 1. The van der Waals surface area contributed by atoms with Gasteiger partial charge in [0.15, 0.2) is 0 Å². The van der Waals surface area contributed by atoms with Gasteiger partial charge < -0.3 is 20.1 Å². The van der Waals surface area contributed by atoms with Crippen LogP contribution in [0.25, 0.3) is 0 Å². The van der Waals surface area contributed by atoms with E-state index in [9.17, 15) is 19.2 Å². The van der Waals surface area contributed by atoms with Crippen molar-refractivity contribution in [2.24, 2.45) is 11.8 Å². The minimum atomic E-state index is -1.01. The number of esters is 1. The molecule has 1 aliphatic heterocycles. The Balaban J connectivity index is 2.83. The fourth-order valence-electron chi connectivity index (χ4n) is 3.75. The van der Waals surface area contributed by atoms with Gasteiger partial charge in [0.25, 0.3) is 5.91 Å². The monoisotopic (exact) mass is 468 g/mol. The highest BCUT2D eigenvalue weighted by Gasteiger charge is 2.41. The second-order valence-electron chi connectivity index (χ2n) is 9.00. The van der Waals surface area contributed by atoms with Crippen LogP contribution in [0.4, 0.5) is 0 Å². The van der Waals surface area contributed by atoms with Crippen molar-refractivity contribution in [2.75, 3.05) is 20.8 Å². The maximum absolute atomic E-state index is 13.0. The molecule has 1 heterocycles. The van der Waals surface area contributed by atoms with E-state index in [1.807, 2.05) is 20.8 Å². The second-order valence-corrected chi connectivity index (χ2v) is 9.00. The van der Waals surface area contributed by atoms with Gasteiger partial charge in [-0.2, -0.15) is 0 Å². The summed E-state index contributed by atoms with van der Waals surface area (Å²) in [7, 11) is 2.82. The van der Waals surface area contributed by atoms with E-state index in [4.69, 9.17) is 9.47 Å². The summed E-state index contributed by atoms with van der Waals surface area (Å²) in [6.07, 6.45) is 4.31. The Morgan fingerprint density at radius 2 is 1.70 bits per heavy atom. The van der Waals surface area contributed by atoms with Gasteiger partial charge in [0, 0.05) is 13.7 Å². The molecule has 10 heteroatoms. The first-order chi connectivity index (χ1) is 15.4. The zero-order valence-electron chi connectivity index (χ0n) is 21.1. The molecule has 0 aliphatic carbocycles. The summed E-state index contributed by atoms with van der Waals surface area (Å²) >= 11 is 0. The molecule has 33 heavy (non-hydrogen) atoms. The second kappa shape index (κ2) is 12.7. The fourth-order valence-corrected chi connectivity index (χ4v) is 3.75. The van der Waals surface area contributed by atoms with Crippen molar-refractivity contribution in [2.45, 2.75) is 78.1 Å². The Morgan fingerprint density at radius 1 is 1.06 bits per heavy atom. The van der Waals surface area contributed by atoms with Crippen LogP contribution in [0.1, 0.15) is 54.4 Å². The third-order valence-corrected chi connectivity index (χ3v) is 5.88. The molecule has 10 nitrogen and oxygen atoms in total. The summed E-state index contributed by atoms with van der Waals surface area (Å²) in [6, 6.07) is -1.69. The summed E-state index contributed by atoms with van der Waals surface area (Å²) < 4.78 is 10.2. The zero-order valence-corrected chi connectivity index (χ0v) is 21.1. The van der Waals surface area contributed by atoms with Crippen LogP contribution < -0.4 is 16.1 Å². The lowest BCUT2D eigenvalue weighted by molar-refractivity contribution is -0.157. The highest BCUT2D eigenvalue weighted by atomic mass is 16.5. The highest BCUT2D eigenvalue weighted by Crippen LogP contribution is 2.20. The van der Waals surface area contributed by atoms with Gasteiger partial charge in [-0.25, -0.2) is 5.43 Å². The Hall–Kier alpha value is -2.46. The first kappa shape index (κ1) is 28.6. The molecule has 1 rings (SSSR count). The van der Waals surface area contributed by atoms with Crippen LogP contribution in [0.3, 0.4) is 0 Å². The Bertz CT molecular complexity index is 740. The molecule has 3 N–H and O–H groups in total. The number of carbonyl (C=O) groups excluding carboxylic acids is 4. The van der Waals surface area contributed by atoms with E-state index in [-0.39, 0.29) is 17.7 Å². The molecular formula is C23H40N4O6. The molecule has 1 aliphatic rings. The van der Waals surface area contributed by atoms with Crippen molar-refractivity contribution < 1.29 is 28.7 Å². The summed E-state index contributed by atoms with van der Waals surface area (Å²) in [5.74, 6) is -2.33. The van der Waals surface area contributed by atoms with E-state index in [0.717, 1.165) is 0 Å². The lowest BCUT2D eigenvalue weighted by Crippen LogP contribution is -2.65. The number of amides is 3. The molecule has 3 amide bonds. The molecule has 5 atom stereocenters. The van der Waals surface area contributed by atoms with E-state index in [0.29, 0.717) is 19.4 Å². The van der Waals surface area contributed by atoms with E-state index >= 15 is 0 Å². The Kier molecular flexibility index (Phi) is 11.0. The number of hydrogen-bond acceptors (Lipinski definition) is 7. The molecule has 188 valence electrons. The molecule has 2 unspecified atom stereocenters. The van der Waals surface area contributed by atoms with Gasteiger partial charge in [-0.3, -0.25) is 24.2 Å². The van der Waals surface area contributed by atoms with Crippen molar-refractivity contribution in [3.63, 3.8) is 0 Å². The predicted octanol–water partition coefficient (Wildman–Crippen LogP) is 0.918. The molecule has 0 radical (unpaired) electrons. The molecule has 0 bridgehead atoms. The average Bonchev–Trinajstić information content (AvgIpc) is 2.78. The van der Waals surface area contributed by atoms with Gasteiger partial charge >= 0.3 is 5.97 Å². The smallest absolute Gasteiger partial charge is 0.327 e. The lowest BCUT2D eigenvalue weighted by Gasteiger charge is -2.40. The van der Waals surface area contributed by atoms with E-state index in [1.54, 1.807) is 32.9 Å². The quantitative estimate of drug-likeness (QED) is 0.321. The summed E-state index contributed by atoms with van der Waals surface area (Å²) in [6.45, 7) is 10.8. The maximum Gasteiger partial charge on any atom is 0.327 e. The number of carbonyl (C=O) groups is 4. The minimum absolute atomic E-state index is 0.207. The summed E-state index contributed by atoms with van der Waals surface area (Å²) in [4.78, 5) is 50.7. The number of rotatable bonds is 10. The summed E-state index contributed by atoms with van der Waals surface area (Å²) in [5.41, 5.74) is 1.92. The molecule has 0 aromatic carbocycles. The lowest BCUT2D eigenvalue weighted by atomic mass is 9.94. The molecule has 0 aromatic heterocycles. The number of allylic oxidation sites excluding steroid dienone is 1. The van der Waals surface area contributed by atoms with Gasteiger partial charge in [-0.15, -0.1) is 0 Å². The van der Waals surface area contributed by atoms with Crippen molar-refractivity contribution in [1.82, 2.24) is 21.1 Å². The van der Waals surface area contributed by atoms with Gasteiger partial charge in [0.1, 0.15) is 17.6 Å². The van der Waals surface area contributed by atoms with Crippen LogP contribution in [-0.4, -0.2) is 73.2 Å². The largest absolute Gasteiger partial charge is 0.468 e. The van der Waals surface area contributed by atoms with Gasteiger partial charge in [-0.1, -0.05) is 32.9 Å². The van der Waals surface area contributed by atoms with Crippen molar-refractivity contribution in [3.8, 4) is 0 Å². The number of hydrazine groups is 1. The van der Waals surface area contributed by atoms with Crippen LogP contribution in [0.5, 0.6) is 0 Å². The van der Waals surface area contributed by atoms with E-state index in [1.165, 1.54) is 19.2 Å². The Morgan fingerprint density at radius 3 is 2.21 bits per heavy atom. The zero-order chi connectivity index (χ0) is 25.3. The molecule has 0 spiro atoms. The van der Waals surface area contributed by atoms with E-state index < -0.39 is 41.5 Å². The molecule has 1 fully saturated rings.